The highest BCUT2D eigenvalue weighted by molar-refractivity contribution is 9.10. The van der Waals surface area contributed by atoms with E-state index < -0.39 is 0 Å². The Hall–Kier alpha value is -3.56. The number of nitrogens with zero attached hydrogens (tertiary/aromatic N) is 1. The van der Waals surface area contributed by atoms with Crippen molar-refractivity contribution in [3.8, 4) is 11.5 Å². The van der Waals surface area contributed by atoms with Crippen LogP contribution in [0.5, 0.6) is 11.5 Å². The van der Waals surface area contributed by atoms with Gasteiger partial charge in [-0.05, 0) is 65.4 Å². The number of hydrogen-bond acceptors (Lipinski definition) is 6. The lowest BCUT2D eigenvalue weighted by Gasteiger charge is -2.12. The minimum absolute atomic E-state index is 0.174. The Morgan fingerprint density at radius 3 is 2.46 bits per heavy atom. The average molecular weight is 553 g/mol. The van der Waals surface area contributed by atoms with E-state index >= 15 is 0 Å². The Balaban J connectivity index is 1.34. The van der Waals surface area contributed by atoms with Crippen LogP contribution in [0.15, 0.2) is 82.2 Å². The second-order valence-corrected chi connectivity index (χ2v) is 9.41. The Bertz CT molecular complexity index is 1280. The molecule has 4 rings (SSSR count). The smallest absolute Gasteiger partial charge is 0.293 e. The number of nitrogens with one attached hydrogen (secondary N) is 1. The predicted molar refractivity (Wildman–Crippen MR) is 139 cm³/mol. The number of para-hydroxylation sites is 2. The fourth-order valence-electron chi connectivity index (χ4n) is 3.30. The molecule has 0 aromatic heterocycles. The van der Waals surface area contributed by atoms with Gasteiger partial charge in [0.05, 0.1) is 24.2 Å². The summed E-state index contributed by atoms with van der Waals surface area (Å²) in [5.74, 6) is 0.418. The number of amides is 3. The summed E-state index contributed by atoms with van der Waals surface area (Å²) in [7, 11) is 1.53. The van der Waals surface area contributed by atoms with Crippen LogP contribution in [0.25, 0.3) is 6.08 Å². The van der Waals surface area contributed by atoms with Crippen LogP contribution in [0.1, 0.15) is 11.1 Å². The van der Waals surface area contributed by atoms with Crippen LogP contribution in [-0.2, 0) is 16.1 Å². The van der Waals surface area contributed by atoms with Gasteiger partial charge in [-0.2, -0.15) is 0 Å². The highest BCUT2D eigenvalue weighted by Gasteiger charge is 2.34. The molecule has 0 radical (unpaired) electrons. The number of halogens is 1. The van der Waals surface area contributed by atoms with Crippen molar-refractivity contribution in [2.45, 2.75) is 6.54 Å². The SMILES string of the molecule is COc1ccccc1NC(=O)COc1ccc(/C=C2\SC(=O)N(Cc3ccc(Br)cc3)C2=O)cc1. The van der Waals surface area contributed by atoms with Crippen molar-refractivity contribution >= 4 is 56.5 Å². The summed E-state index contributed by atoms with van der Waals surface area (Å²) in [6.45, 7) is 0.0470. The molecule has 178 valence electrons. The summed E-state index contributed by atoms with van der Waals surface area (Å²) in [6, 6.07) is 21.5. The lowest BCUT2D eigenvalue weighted by atomic mass is 10.2. The largest absolute Gasteiger partial charge is 0.495 e. The molecule has 3 aromatic rings. The van der Waals surface area contributed by atoms with Gasteiger partial charge in [0.2, 0.25) is 0 Å². The van der Waals surface area contributed by atoms with E-state index in [0.29, 0.717) is 22.1 Å². The van der Waals surface area contributed by atoms with Crippen molar-refractivity contribution in [2.75, 3.05) is 19.0 Å². The monoisotopic (exact) mass is 552 g/mol. The van der Waals surface area contributed by atoms with Crippen LogP contribution in [0, 0.1) is 0 Å². The third kappa shape index (κ3) is 6.32. The molecule has 0 aliphatic carbocycles. The fraction of sp³-hybridized carbons (Fsp3) is 0.115. The van der Waals surface area contributed by atoms with Gasteiger partial charge in [-0.3, -0.25) is 19.3 Å². The molecule has 0 atom stereocenters. The first-order chi connectivity index (χ1) is 16.9. The molecule has 1 N–H and O–H groups in total. The van der Waals surface area contributed by atoms with Crippen LogP contribution in [0.4, 0.5) is 10.5 Å². The van der Waals surface area contributed by atoms with Crippen LogP contribution < -0.4 is 14.8 Å². The van der Waals surface area contributed by atoms with E-state index in [4.69, 9.17) is 9.47 Å². The van der Waals surface area contributed by atoms with E-state index in [1.165, 1.54) is 12.0 Å². The summed E-state index contributed by atoms with van der Waals surface area (Å²) in [5.41, 5.74) is 2.17. The van der Waals surface area contributed by atoms with Gasteiger partial charge in [0.15, 0.2) is 6.61 Å². The van der Waals surface area contributed by atoms with Crippen LogP contribution in [-0.4, -0.2) is 35.7 Å². The zero-order chi connectivity index (χ0) is 24.8. The fourth-order valence-corrected chi connectivity index (χ4v) is 4.41. The number of thioether (sulfide) groups is 1. The second kappa shape index (κ2) is 11.2. The number of hydrogen-bond donors (Lipinski definition) is 1. The minimum atomic E-state index is -0.323. The molecular formula is C26H21BrN2O5S. The number of anilines is 1. The summed E-state index contributed by atoms with van der Waals surface area (Å²) in [5, 5.41) is 2.45. The Morgan fingerprint density at radius 1 is 1.03 bits per heavy atom. The number of carbonyl (C=O) groups excluding carboxylic acids is 3. The van der Waals surface area contributed by atoms with E-state index in [1.807, 2.05) is 30.3 Å². The molecule has 1 aliphatic heterocycles. The molecule has 0 saturated carbocycles. The highest BCUT2D eigenvalue weighted by atomic mass is 79.9. The van der Waals surface area contributed by atoms with Gasteiger partial charge in [-0.1, -0.05) is 52.3 Å². The van der Waals surface area contributed by atoms with Crippen LogP contribution >= 0.6 is 27.7 Å². The predicted octanol–water partition coefficient (Wildman–Crippen LogP) is 5.71. The maximum absolute atomic E-state index is 12.8. The van der Waals surface area contributed by atoms with Crippen molar-refractivity contribution in [2.24, 2.45) is 0 Å². The quantitative estimate of drug-likeness (QED) is 0.360. The van der Waals surface area contributed by atoms with Crippen molar-refractivity contribution in [3.63, 3.8) is 0 Å². The summed E-state index contributed by atoms with van der Waals surface area (Å²) >= 11 is 4.29. The first-order valence-electron chi connectivity index (χ1n) is 10.6. The highest BCUT2D eigenvalue weighted by Crippen LogP contribution is 2.33. The molecule has 1 fully saturated rings. The van der Waals surface area contributed by atoms with E-state index in [-0.39, 0.29) is 30.2 Å². The van der Waals surface area contributed by atoms with Gasteiger partial charge >= 0.3 is 0 Å². The number of carbonyl (C=O) groups is 3. The topological polar surface area (TPSA) is 84.9 Å². The van der Waals surface area contributed by atoms with Gasteiger partial charge in [0.25, 0.3) is 17.1 Å². The van der Waals surface area contributed by atoms with Crippen molar-refractivity contribution < 1.29 is 23.9 Å². The number of imide groups is 1. The second-order valence-electron chi connectivity index (χ2n) is 7.50. The summed E-state index contributed by atoms with van der Waals surface area (Å²) in [6.07, 6.45) is 1.67. The summed E-state index contributed by atoms with van der Waals surface area (Å²) in [4.78, 5) is 39.0. The molecule has 35 heavy (non-hydrogen) atoms. The van der Waals surface area contributed by atoms with Gasteiger partial charge in [-0.25, -0.2) is 0 Å². The van der Waals surface area contributed by atoms with Crippen LogP contribution in [0.3, 0.4) is 0 Å². The molecular weight excluding hydrogens is 532 g/mol. The average Bonchev–Trinajstić information content (AvgIpc) is 3.12. The Labute approximate surface area is 215 Å². The third-order valence-electron chi connectivity index (χ3n) is 5.06. The molecule has 1 heterocycles. The zero-order valence-corrected chi connectivity index (χ0v) is 21.1. The molecule has 0 bridgehead atoms. The molecule has 7 nitrogen and oxygen atoms in total. The first kappa shape index (κ1) is 24.6. The van der Waals surface area contributed by atoms with Crippen LogP contribution in [0.2, 0.25) is 0 Å². The standard InChI is InChI=1S/C26H21BrN2O5S/c1-33-22-5-3-2-4-21(22)28-24(30)16-34-20-12-8-17(9-13-20)14-23-25(31)29(26(32)35-23)15-18-6-10-19(27)11-7-18/h2-14H,15-16H2,1H3,(H,28,30)/b23-14-. The minimum Gasteiger partial charge on any atom is -0.495 e. The maximum atomic E-state index is 12.8. The van der Waals surface area contributed by atoms with Crippen molar-refractivity contribution in [3.05, 3.63) is 93.3 Å². The van der Waals surface area contributed by atoms with Crippen molar-refractivity contribution in [1.29, 1.82) is 0 Å². The van der Waals surface area contributed by atoms with Gasteiger partial charge in [0.1, 0.15) is 11.5 Å². The Morgan fingerprint density at radius 2 is 1.74 bits per heavy atom. The molecule has 1 aliphatic rings. The number of ether oxygens (including phenoxy) is 2. The Kier molecular flexibility index (Phi) is 7.89. The summed E-state index contributed by atoms with van der Waals surface area (Å²) < 4.78 is 11.7. The van der Waals surface area contributed by atoms with Gasteiger partial charge < -0.3 is 14.8 Å². The molecule has 0 unspecified atom stereocenters. The normalized spacial score (nSPS) is 14.3. The third-order valence-corrected chi connectivity index (χ3v) is 6.49. The molecule has 3 amide bonds. The van der Waals surface area contributed by atoms with E-state index in [1.54, 1.807) is 48.5 Å². The lowest BCUT2D eigenvalue weighted by Crippen LogP contribution is -2.27. The van der Waals surface area contributed by atoms with Gasteiger partial charge in [-0.15, -0.1) is 0 Å². The van der Waals surface area contributed by atoms with Gasteiger partial charge in [0, 0.05) is 4.47 Å². The number of rotatable bonds is 8. The molecule has 1 saturated heterocycles. The lowest BCUT2D eigenvalue weighted by molar-refractivity contribution is -0.123. The number of benzene rings is 3. The maximum Gasteiger partial charge on any atom is 0.293 e. The molecule has 3 aromatic carbocycles. The molecule has 0 spiro atoms. The number of methoxy groups -OCH3 is 1. The van der Waals surface area contributed by atoms with E-state index in [2.05, 4.69) is 21.2 Å². The van der Waals surface area contributed by atoms with Crippen molar-refractivity contribution in [1.82, 2.24) is 4.90 Å². The molecule has 9 heteroatoms. The zero-order valence-electron chi connectivity index (χ0n) is 18.7. The van der Waals surface area contributed by atoms with E-state index in [0.717, 1.165) is 27.4 Å². The van der Waals surface area contributed by atoms with E-state index in [9.17, 15) is 14.4 Å². The first-order valence-corrected chi connectivity index (χ1v) is 12.2.